The van der Waals surface area contributed by atoms with E-state index in [1.54, 1.807) is 19.1 Å². The zero-order chi connectivity index (χ0) is 23.7. The van der Waals surface area contributed by atoms with Crippen LogP contribution in [0.1, 0.15) is 45.6 Å². The number of aryl methyl sites for hydroxylation is 1. The maximum atomic E-state index is 13.8. The summed E-state index contributed by atoms with van der Waals surface area (Å²) >= 11 is 0. The molecule has 7 nitrogen and oxygen atoms in total. The van der Waals surface area contributed by atoms with Crippen molar-refractivity contribution in [1.82, 2.24) is 14.8 Å². The van der Waals surface area contributed by atoms with Gasteiger partial charge in [0.25, 0.3) is 5.91 Å². The molecule has 5 rings (SSSR count). The van der Waals surface area contributed by atoms with Crippen LogP contribution in [0.4, 0.5) is 5.95 Å². The quantitative estimate of drug-likeness (QED) is 0.425. The number of rotatable bonds is 5. The lowest BCUT2D eigenvalue weighted by atomic mass is 9.91. The van der Waals surface area contributed by atoms with Crippen LogP contribution in [0.3, 0.4) is 0 Å². The van der Waals surface area contributed by atoms with Gasteiger partial charge in [0.05, 0.1) is 26.3 Å². The number of hydrogen-bond donors (Lipinski definition) is 0. The molecule has 0 saturated carbocycles. The molecule has 0 bridgehead atoms. The van der Waals surface area contributed by atoms with Gasteiger partial charge >= 0.3 is 0 Å². The number of fused-ring (bicyclic) bond motifs is 1. The molecule has 2 atom stereocenters. The number of ether oxygens (including phenoxy) is 2. The Hall–Kier alpha value is -4.13. The molecule has 1 aliphatic heterocycles. The molecule has 4 aromatic rings. The van der Waals surface area contributed by atoms with Crippen molar-refractivity contribution < 1.29 is 14.3 Å². The first-order valence-corrected chi connectivity index (χ1v) is 11.2. The first kappa shape index (κ1) is 21.7. The summed E-state index contributed by atoms with van der Waals surface area (Å²) in [6.45, 7) is 1.98. The summed E-state index contributed by atoms with van der Waals surface area (Å²) in [5.41, 5.74) is 3.74. The Morgan fingerprint density at radius 1 is 0.882 bits per heavy atom. The van der Waals surface area contributed by atoms with E-state index in [1.807, 2.05) is 84.4 Å². The largest absolute Gasteiger partial charge is 0.497 e. The normalized spacial score (nSPS) is 17.2. The number of anilines is 1. The summed E-state index contributed by atoms with van der Waals surface area (Å²) in [7, 11) is 3.30. The molecular formula is C27H26N4O3. The van der Waals surface area contributed by atoms with Gasteiger partial charge in [0.2, 0.25) is 5.95 Å². The summed E-state index contributed by atoms with van der Waals surface area (Å²) < 4.78 is 12.5. The third-order valence-corrected chi connectivity index (χ3v) is 6.31. The van der Waals surface area contributed by atoms with Crippen LogP contribution >= 0.6 is 0 Å². The van der Waals surface area contributed by atoms with E-state index in [1.165, 1.54) is 6.33 Å². The second-order valence-corrected chi connectivity index (χ2v) is 8.36. The standard InChI is InChI=1S/C27H26N4O3/c1-18-5-4-6-21(15-18)26(32)30-24(19-7-11-22(33-2)12-8-19)16-25(31-27(30)28-17-29-31)20-9-13-23(34-3)14-10-20/h4-15,17,24-25H,16H2,1-3H3/t24-,25+/m1/s1. The number of aromatic nitrogens is 3. The van der Waals surface area contributed by atoms with Crippen LogP contribution in [0.25, 0.3) is 0 Å². The monoisotopic (exact) mass is 454 g/mol. The van der Waals surface area contributed by atoms with Crippen LogP contribution in [0, 0.1) is 6.92 Å². The van der Waals surface area contributed by atoms with E-state index in [0.717, 1.165) is 28.2 Å². The van der Waals surface area contributed by atoms with E-state index in [-0.39, 0.29) is 18.0 Å². The van der Waals surface area contributed by atoms with Crippen molar-refractivity contribution in [2.45, 2.75) is 25.4 Å². The molecular weight excluding hydrogens is 428 g/mol. The fraction of sp³-hybridized carbons (Fsp3) is 0.222. The minimum absolute atomic E-state index is 0.0860. The smallest absolute Gasteiger partial charge is 0.261 e. The maximum absolute atomic E-state index is 13.8. The first-order chi connectivity index (χ1) is 16.6. The number of carbonyl (C=O) groups excluding carboxylic acids is 1. The molecule has 0 N–H and O–H groups in total. The highest BCUT2D eigenvalue weighted by Crippen LogP contribution is 2.43. The third-order valence-electron chi connectivity index (χ3n) is 6.31. The van der Waals surface area contributed by atoms with Gasteiger partial charge in [-0.15, -0.1) is 0 Å². The summed E-state index contributed by atoms with van der Waals surface area (Å²) in [6.07, 6.45) is 2.16. The van der Waals surface area contributed by atoms with E-state index in [0.29, 0.717) is 17.9 Å². The lowest BCUT2D eigenvalue weighted by molar-refractivity contribution is 0.0963. The lowest BCUT2D eigenvalue weighted by Crippen LogP contribution is -2.42. The number of amides is 1. The Morgan fingerprint density at radius 2 is 1.50 bits per heavy atom. The van der Waals surface area contributed by atoms with Crippen molar-refractivity contribution in [1.29, 1.82) is 0 Å². The van der Waals surface area contributed by atoms with Gasteiger partial charge in [0.1, 0.15) is 17.8 Å². The van der Waals surface area contributed by atoms with E-state index in [9.17, 15) is 4.79 Å². The van der Waals surface area contributed by atoms with Crippen molar-refractivity contribution in [3.8, 4) is 11.5 Å². The van der Waals surface area contributed by atoms with E-state index < -0.39 is 0 Å². The van der Waals surface area contributed by atoms with Gasteiger partial charge in [-0.05, 0) is 60.9 Å². The SMILES string of the molecule is COc1ccc([C@H]2C[C@@H](c3ccc(OC)cc3)n3ncnc3N2C(=O)c2cccc(C)c2)cc1. The van der Waals surface area contributed by atoms with Crippen LogP contribution in [0.15, 0.2) is 79.1 Å². The fourth-order valence-electron chi connectivity index (χ4n) is 4.56. The van der Waals surface area contributed by atoms with Crippen LogP contribution in [0.2, 0.25) is 0 Å². The molecule has 7 heteroatoms. The molecule has 0 fully saturated rings. The molecule has 0 aliphatic carbocycles. The van der Waals surface area contributed by atoms with E-state index >= 15 is 0 Å². The molecule has 3 aromatic carbocycles. The molecule has 0 saturated heterocycles. The molecule has 0 spiro atoms. The first-order valence-electron chi connectivity index (χ1n) is 11.2. The van der Waals surface area contributed by atoms with Crippen molar-refractivity contribution in [2.75, 3.05) is 19.1 Å². The molecule has 1 amide bonds. The molecule has 0 unspecified atom stereocenters. The van der Waals surface area contributed by atoms with Crippen molar-refractivity contribution in [3.05, 3.63) is 101 Å². The highest BCUT2D eigenvalue weighted by molar-refractivity contribution is 6.06. The van der Waals surface area contributed by atoms with Crippen LogP contribution < -0.4 is 14.4 Å². The Labute approximate surface area is 198 Å². The molecule has 0 radical (unpaired) electrons. The summed E-state index contributed by atoms with van der Waals surface area (Å²) in [4.78, 5) is 20.2. The van der Waals surface area contributed by atoms with Gasteiger partial charge in [0, 0.05) is 5.56 Å². The average Bonchev–Trinajstić information content (AvgIpc) is 3.37. The minimum Gasteiger partial charge on any atom is -0.497 e. The van der Waals surface area contributed by atoms with Crippen molar-refractivity contribution >= 4 is 11.9 Å². The molecule has 1 aromatic heterocycles. The molecule has 1 aliphatic rings. The predicted octanol–water partition coefficient (Wildman–Crippen LogP) is 4.98. The second-order valence-electron chi connectivity index (χ2n) is 8.36. The van der Waals surface area contributed by atoms with Gasteiger partial charge in [-0.1, -0.05) is 42.0 Å². The Kier molecular flexibility index (Phi) is 5.76. The number of benzene rings is 3. The third kappa shape index (κ3) is 3.90. The van der Waals surface area contributed by atoms with Crippen LogP contribution in [-0.2, 0) is 0 Å². The highest BCUT2D eigenvalue weighted by Gasteiger charge is 2.39. The van der Waals surface area contributed by atoms with Gasteiger partial charge in [0.15, 0.2) is 0 Å². The Bertz CT molecular complexity index is 1300. The zero-order valence-electron chi connectivity index (χ0n) is 19.4. The molecule has 34 heavy (non-hydrogen) atoms. The van der Waals surface area contributed by atoms with E-state index in [4.69, 9.17) is 9.47 Å². The number of hydrogen-bond acceptors (Lipinski definition) is 5. The summed E-state index contributed by atoms with van der Waals surface area (Å²) in [6, 6.07) is 23.1. The van der Waals surface area contributed by atoms with Crippen molar-refractivity contribution in [2.24, 2.45) is 0 Å². The topological polar surface area (TPSA) is 69.5 Å². The lowest BCUT2D eigenvalue weighted by Gasteiger charge is -2.39. The van der Waals surface area contributed by atoms with Gasteiger partial charge < -0.3 is 9.47 Å². The van der Waals surface area contributed by atoms with Crippen LogP contribution in [-0.4, -0.2) is 34.9 Å². The summed E-state index contributed by atoms with van der Waals surface area (Å²) in [5, 5.41) is 4.52. The fourth-order valence-corrected chi connectivity index (χ4v) is 4.56. The average molecular weight is 455 g/mol. The van der Waals surface area contributed by atoms with Gasteiger partial charge in [-0.2, -0.15) is 10.1 Å². The zero-order valence-corrected chi connectivity index (χ0v) is 19.4. The Morgan fingerprint density at radius 3 is 2.09 bits per heavy atom. The molecule has 172 valence electrons. The number of nitrogens with zero attached hydrogens (tertiary/aromatic N) is 4. The summed E-state index contributed by atoms with van der Waals surface area (Å²) in [5.74, 6) is 1.98. The predicted molar refractivity (Wildman–Crippen MR) is 129 cm³/mol. The number of carbonyl (C=O) groups is 1. The maximum Gasteiger partial charge on any atom is 0.261 e. The van der Waals surface area contributed by atoms with Gasteiger partial charge in [-0.25, -0.2) is 4.68 Å². The number of methoxy groups -OCH3 is 2. The highest BCUT2D eigenvalue weighted by atomic mass is 16.5. The minimum atomic E-state index is -0.234. The van der Waals surface area contributed by atoms with Crippen molar-refractivity contribution in [3.63, 3.8) is 0 Å². The van der Waals surface area contributed by atoms with E-state index in [2.05, 4.69) is 10.1 Å². The molecule has 2 heterocycles. The second kappa shape index (κ2) is 9.02. The van der Waals surface area contributed by atoms with Crippen LogP contribution in [0.5, 0.6) is 11.5 Å². The van der Waals surface area contributed by atoms with Gasteiger partial charge in [-0.3, -0.25) is 9.69 Å². The Balaban J connectivity index is 1.62.